The zero-order chi connectivity index (χ0) is 8.60. The van der Waals surface area contributed by atoms with Gasteiger partial charge >= 0.3 is 0 Å². The number of allylic oxidation sites excluding steroid dienone is 4. The third-order valence-electron chi connectivity index (χ3n) is 3.40. The van der Waals surface area contributed by atoms with E-state index >= 15 is 0 Å². The highest BCUT2D eigenvalue weighted by Crippen LogP contribution is 2.49. The monoisotopic (exact) mass is 163 g/mol. The second kappa shape index (κ2) is 2.74. The summed E-state index contributed by atoms with van der Waals surface area (Å²) >= 11 is 0. The summed E-state index contributed by atoms with van der Waals surface area (Å²) in [6.07, 6.45) is 11.5. The van der Waals surface area contributed by atoms with Crippen molar-refractivity contribution in [2.75, 3.05) is 7.05 Å². The SMILES string of the molecule is CN[C@]1(C)C[C@H]1C1C=CC=CC1. The van der Waals surface area contributed by atoms with Crippen LogP contribution in [-0.2, 0) is 0 Å². The molecule has 1 fully saturated rings. The van der Waals surface area contributed by atoms with Crippen molar-refractivity contribution in [2.45, 2.75) is 25.3 Å². The number of nitrogens with one attached hydrogen (secondary N) is 1. The molecule has 0 radical (unpaired) electrons. The lowest BCUT2D eigenvalue weighted by molar-refractivity contribution is 0.460. The summed E-state index contributed by atoms with van der Waals surface area (Å²) < 4.78 is 0. The summed E-state index contributed by atoms with van der Waals surface area (Å²) in [5.41, 5.74) is 0.431. The lowest BCUT2D eigenvalue weighted by Crippen LogP contribution is -2.27. The first kappa shape index (κ1) is 8.06. The molecule has 2 rings (SSSR count). The Morgan fingerprint density at radius 1 is 1.42 bits per heavy atom. The summed E-state index contributed by atoms with van der Waals surface area (Å²) in [4.78, 5) is 0. The van der Waals surface area contributed by atoms with Crippen LogP contribution in [0.1, 0.15) is 19.8 Å². The van der Waals surface area contributed by atoms with E-state index in [9.17, 15) is 0 Å². The Hall–Kier alpha value is -0.560. The molecule has 2 aliphatic carbocycles. The van der Waals surface area contributed by atoms with Crippen LogP contribution in [0.5, 0.6) is 0 Å². The fourth-order valence-corrected chi connectivity index (χ4v) is 2.21. The van der Waals surface area contributed by atoms with Gasteiger partial charge in [-0.25, -0.2) is 0 Å². The van der Waals surface area contributed by atoms with E-state index in [0.29, 0.717) is 5.54 Å². The maximum atomic E-state index is 3.40. The Bertz CT molecular complexity index is 229. The van der Waals surface area contributed by atoms with E-state index in [0.717, 1.165) is 11.8 Å². The van der Waals surface area contributed by atoms with Crippen LogP contribution in [0.3, 0.4) is 0 Å². The van der Waals surface area contributed by atoms with Gasteiger partial charge < -0.3 is 5.32 Å². The first-order valence-corrected chi connectivity index (χ1v) is 4.78. The number of hydrogen-bond acceptors (Lipinski definition) is 1. The molecule has 1 N–H and O–H groups in total. The molecule has 0 aromatic rings. The minimum atomic E-state index is 0.431. The molecule has 0 saturated heterocycles. The van der Waals surface area contributed by atoms with Gasteiger partial charge in [-0.05, 0) is 38.6 Å². The van der Waals surface area contributed by atoms with Gasteiger partial charge in [0.1, 0.15) is 0 Å². The highest BCUT2D eigenvalue weighted by molar-refractivity contribution is 5.19. The average Bonchev–Trinajstić information content (AvgIpc) is 2.81. The first-order chi connectivity index (χ1) is 5.76. The van der Waals surface area contributed by atoms with Gasteiger partial charge in [0.05, 0.1) is 0 Å². The number of rotatable bonds is 2. The Morgan fingerprint density at radius 3 is 2.75 bits per heavy atom. The largest absolute Gasteiger partial charge is 0.314 e. The van der Waals surface area contributed by atoms with Gasteiger partial charge in [0.25, 0.3) is 0 Å². The normalized spacial score (nSPS) is 44.8. The fraction of sp³-hybridized carbons (Fsp3) is 0.636. The van der Waals surface area contributed by atoms with Crippen molar-refractivity contribution in [1.82, 2.24) is 5.32 Å². The Kier molecular flexibility index (Phi) is 1.84. The third-order valence-corrected chi connectivity index (χ3v) is 3.40. The Labute approximate surface area is 74.5 Å². The summed E-state index contributed by atoms with van der Waals surface area (Å²) in [6.45, 7) is 2.32. The molecule has 0 amide bonds. The molecule has 66 valence electrons. The summed E-state index contributed by atoms with van der Waals surface area (Å²) in [5.74, 6) is 1.65. The van der Waals surface area contributed by atoms with Crippen LogP contribution in [0.25, 0.3) is 0 Å². The maximum Gasteiger partial charge on any atom is 0.0188 e. The molecule has 0 spiro atoms. The van der Waals surface area contributed by atoms with E-state index in [-0.39, 0.29) is 0 Å². The molecule has 0 bridgehead atoms. The lowest BCUT2D eigenvalue weighted by atomic mass is 9.93. The Balaban J connectivity index is 1.96. The minimum absolute atomic E-state index is 0.431. The van der Waals surface area contributed by atoms with Gasteiger partial charge in [-0.15, -0.1) is 0 Å². The lowest BCUT2D eigenvalue weighted by Gasteiger charge is -2.16. The van der Waals surface area contributed by atoms with Gasteiger partial charge in [0.15, 0.2) is 0 Å². The first-order valence-electron chi connectivity index (χ1n) is 4.78. The molecule has 1 nitrogen and oxygen atoms in total. The highest BCUT2D eigenvalue weighted by Gasteiger charge is 2.51. The molecule has 0 aromatic carbocycles. The second-order valence-electron chi connectivity index (χ2n) is 4.19. The molecule has 2 aliphatic rings. The van der Waals surface area contributed by atoms with E-state index in [4.69, 9.17) is 0 Å². The van der Waals surface area contributed by atoms with Gasteiger partial charge in [-0.3, -0.25) is 0 Å². The van der Waals surface area contributed by atoms with Crippen molar-refractivity contribution in [2.24, 2.45) is 11.8 Å². The molecular formula is C11H17N. The molecule has 12 heavy (non-hydrogen) atoms. The summed E-state index contributed by atoms with van der Waals surface area (Å²) in [5, 5.41) is 3.40. The fourth-order valence-electron chi connectivity index (χ4n) is 2.21. The van der Waals surface area contributed by atoms with E-state index in [1.165, 1.54) is 12.8 Å². The molecular weight excluding hydrogens is 146 g/mol. The Morgan fingerprint density at radius 2 is 2.25 bits per heavy atom. The van der Waals surface area contributed by atoms with Gasteiger partial charge in [-0.2, -0.15) is 0 Å². The van der Waals surface area contributed by atoms with E-state index in [2.05, 4.69) is 43.6 Å². The quantitative estimate of drug-likeness (QED) is 0.657. The maximum absolute atomic E-state index is 3.40. The third kappa shape index (κ3) is 1.22. The summed E-state index contributed by atoms with van der Waals surface area (Å²) in [7, 11) is 2.07. The van der Waals surface area contributed by atoms with Crippen LogP contribution in [0.2, 0.25) is 0 Å². The number of hydrogen-bond donors (Lipinski definition) is 1. The standard InChI is InChI=1S/C11H17N/c1-11(12-2)8-10(11)9-6-4-3-5-7-9/h3-6,9-10,12H,7-8H2,1-2H3/t9?,10-,11+/m0/s1. The molecule has 0 aliphatic heterocycles. The van der Waals surface area contributed by atoms with Crippen LogP contribution in [0.4, 0.5) is 0 Å². The van der Waals surface area contributed by atoms with Crippen LogP contribution in [0.15, 0.2) is 24.3 Å². The van der Waals surface area contributed by atoms with Crippen LogP contribution < -0.4 is 5.32 Å². The molecule has 0 heterocycles. The zero-order valence-corrected chi connectivity index (χ0v) is 7.88. The van der Waals surface area contributed by atoms with E-state index in [1.54, 1.807) is 0 Å². The second-order valence-corrected chi connectivity index (χ2v) is 4.19. The van der Waals surface area contributed by atoms with Gasteiger partial charge in [0.2, 0.25) is 0 Å². The highest BCUT2D eigenvalue weighted by atomic mass is 15.0. The van der Waals surface area contributed by atoms with Crippen molar-refractivity contribution in [3.63, 3.8) is 0 Å². The van der Waals surface area contributed by atoms with Crippen LogP contribution >= 0.6 is 0 Å². The average molecular weight is 163 g/mol. The zero-order valence-electron chi connectivity index (χ0n) is 7.88. The van der Waals surface area contributed by atoms with E-state index < -0.39 is 0 Å². The van der Waals surface area contributed by atoms with Crippen molar-refractivity contribution in [3.05, 3.63) is 24.3 Å². The summed E-state index contributed by atoms with van der Waals surface area (Å²) in [6, 6.07) is 0. The van der Waals surface area contributed by atoms with Crippen molar-refractivity contribution < 1.29 is 0 Å². The van der Waals surface area contributed by atoms with E-state index in [1.807, 2.05) is 0 Å². The smallest absolute Gasteiger partial charge is 0.0188 e. The predicted octanol–water partition coefficient (Wildman–Crippen LogP) is 2.12. The van der Waals surface area contributed by atoms with Gasteiger partial charge in [0, 0.05) is 5.54 Å². The topological polar surface area (TPSA) is 12.0 Å². The molecule has 1 unspecified atom stereocenters. The van der Waals surface area contributed by atoms with Crippen LogP contribution in [-0.4, -0.2) is 12.6 Å². The van der Waals surface area contributed by atoms with Crippen molar-refractivity contribution in [3.8, 4) is 0 Å². The van der Waals surface area contributed by atoms with Crippen molar-refractivity contribution in [1.29, 1.82) is 0 Å². The minimum Gasteiger partial charge on any atom is -0.314 e. The predicted molar refractivity (Wildman–Crippen MR) is 52.0 cm³/mol. The van der Waals surface area contributed by atoms with Gasteiger partial charge in [-0.1, -0.05) is 24.3 Å². The molecule has 1 saturated carbocycles. The molecule has 1 heteroatoms. The van der Waals surface area contributed by atoms with Crippen molar-refractivity contribution >= 4 is 0 Å². The van der Waals surface area contributed by atoms with Crippen LogP contribution in [0, 0.1) is 11.8 Å². The molecule has 3 atom stereocenters. The molecule has 0 aromatic heterocycles.